The van der Waals surface area contributed by atoms with Crippen LogP contribution in [0.3, 0.4) is 0 Å². The molecule has 0 aliphatic carbocycles. The molecule has 2 heterocycles. The van der Waals surface area contributed by atoms with Gasteiger partial charge >= 0.3 is 0 Å². The van der Waals surface area contributed by atoms with Gasteiger partial charge in [-0.15, -0.1) is 12.4 Å². The second-order valence-electron chi connectivity index (χ2n) is 4.31. The Kier molecular flexibility index (Phi) is 6.80. The Labute approximate surface area is 108 Å². The lowest BCUT2D eigenvalue weighted by atomic mass is 10.1. The fourth-order valence-electron chi connectivity index (χ4n) is 2.13. The Bertz CT molecular complexity index is 229. The second-order valence-corrected chi connectivity index (χ2v) is 4.31. The molecule has 2 N–H and O–H groups in total. The molecular formula is C11H21ClN2O3. The molecule has 1 unspecified atom stereocenters. The third-order valence-electron chi connectivity index (χ3n) is 3.06. The molecule has 5 nitrogen and oxygen atoms in total. The Morgan fingerprint density at radius 2 is 2.29 bits per heavy atom. The molecule has 2 atom stereocenters. The lowest BCUT2D eigenvalue weighted by Gasteiger charge is -2.22. The number of hydrogen-bond acceptors (Lipinski definition) is 4. The molecular weight excluding hydrogens is 244 g/mol. The van der Waals surface area contributed by atoms with Crippen molar-refractivity contribution in [1.82, 2.24) is 10.6 Å². The number of halogens is 1. The Morgan fingerprint density at radius 3 is 2.94 bits per heavy atom. The van der Waals surface area contributed by atoms with Crippen LogP contribution < -0.4 is 10.6 Å². The standard InChI is InChI=1S/C11H20N2O3.ClH/c14-11(10-8-15-6-7-16-10)13-5-3-9-2-1-4-12-9;/h9-10,12H,1-8H2,(H,13,14);1H/t9-,10?;/m1./s1. The van der Waals surface area contributed by atoms with Gasteiger partial charge in [0.05, 0.1) is 19.8 Å². The van der Waals surface area contributed by atoms with Crippen molar-refractivity contribution in [3.05, 3.63) is 0 Å². The molecule has 0 aromatic rings. The molecule has 0 aromatic carbocycles. The number of hydrogen-bond donors (Lipinski definition) is 2. The maximum absolute atomic E-state index is 11.6. The van der Waals surface area contributed by atoms with Gasteiger partial charge in [0.25, 0.3) is 5.91 Å². The molecule has 2 rings (SSSR count). The average molecular weight is 265 g/mol. The first-order chi connectivity index (χ1) is 7.86. The predicted octanol–water partition coefficient (Wildman–Crippen LogP) is 0.0819. The maximum Gasteiger partial charge on any atom is 0.251 e. The highest BCUT2D eigenvalue weighted by Crippen LogP contribution is 2.07. The van der Waals surface area contributed by atoms with E-state index in [1.807, 2.05) is 0 Å². The van der Waals surface area contributed by atoms with Gasteiger partial charge in [0.15, 0.2) is 6.10 Å². The number of carbonyl (C=O) groups excluding carboxylic acids is 1. The zero-order valence-electron chi connectivity index (χ0n) is 9.94. The van der Waals surface area contributed by atoms with Crippen molar-refractivity contribution in [3.63, 3.8) is 0 Å². The number of ether oxygens (including phenoxy) is 2. The smallest absolute Gasteiger partial charge is 0.251 e. The van der Waals surface area contributed by atoms with Crippen molar-refractivity contribution in [3.8, 4) is 0 Å². The van der Waals surface area contributed by atoms with Crippen LogP contribution in [0.4, 0.5) is 0 Å². The van der Waals surface area contributed by atoms with Gasteiger partial charge in [0.1, 0.15) is 0 Å². The van der Waals surface area contributed by atoms with Gasteiger partial charge < -0.3 is 20.1 Å². The fourth-order valence-corrected chi connectivity index (χ4v) is 2.13. The van der Waals surface area contributed by atoms with Gasteiger partial charge in [-0.25, -0.2) is 0 Å². The van der Waals surface area contributed by atoms with Crippen LogP contribution in [0.1, 0.15) is 19.3 Å². The molecule has 2 aliphatic heterocycles. The molecule has 2 aliphatic rings. The average Bonchev–Trinajstić information content (AvgIpc) is 2.83. The van der Waals surface area contributed by atoms with E-state index < -0.39 is 6.10 Å². The summed E-state index contributed by atoms with van der Waals surface area (Å²) in [5, 5.41) is 6.30. The van der Waals surface area contributed by atoms with Crippen LogP contribution in [0.2, 0.25) is 0 Å². The summed E-state index contributed by atoms with van der Waals surface area (Å²) in [5.74, 6) is -0.0438. The molecule has 0 radical (unpaired) electrons. The number of rotatable bonds is 4. The lowest BCUT2D eigenvalue weighted by Crippen LogP contribution is -2.43. The van der Waals surface area contributed by atoms with E-state index in [1.54, 1.807) is 0 Å². The van der Waals surface area contributed by atoms with Gasteiger partial charge in [0, 0.05) is 12.6 Å². The predicted molar refractivity (Wildman–Crippen MR) is 66.5 cm³/mol. The highest BCUT2D eigenvalue weighted by Gasteiger charge is 2.22. The van der Waals surface area contributed by atoms with E-state index in [9.17, 15) is 4.79 Å². The minimum atomic E-state index is -0.412. The Balaban J connectivity index is 0.00000144. The summed E-state index contributed by atoms with van der Waals surface area (Å²) in [4.78, 5) is 11.6. The summed E-state index contributed by atoms with van der Waals surface area (Å²) in [5.41, 5.74) is 0. The Hall–Kier alpha value is -0.360. The SMILES string of the molecule is Cl.O=C(NCC[C@H]1CCCN1)C1COCCO1. The third kappa shape index (κ3) is 4.79. The minimum Gasteiger partial charge on any atom is -0.376 e. The summed E-state index contributed by atoms with van der Waals surface area (Å²) in [7, 11) is 0. The summed E-state index contributed by atoms with van der Waals surface area (Å²) in [6, 6.07) is 0.573. The first-order valence-corrected chi connectivity index (χ1v) is 6.07. The van der Waals surface area contributed by atoms with E-state index >= 15 is 0 Å². The molecule has 0 spiro atoms. The van der Waals surface area contributed by atoms with Crippen LogP contribution in [0.5, 0.6) is 0 Å². The molecule has 6 heteroatoms. The van der Waals surface area contributed by atoms with Gasteiger partial charge in [-0.05, 0) is 25.8 Å². The zero-order chi connectivity index (χ0) is 11.2. The van der Waals surface area contributed by atoms with Gasteiger partial charge in [-0.2, -0.15) is 0 Å². The maximum atomic E-state index is 11.6. The number of nitrogens with one attached hydrogen (secondary N) is 2. The van der Waals surface area contributed by atoms with Crippen molar-refractivity contribution >= 4 is 18.3 Å². The normalized spacial score (nSPS) is 28.5. The van der Waals surface area contributed by atoms with E-state index in [4.69, 9.17) is 9.47 Å². The van der Waals surface area contributed by atoms with Crippen molar-refractivity contribution in [2.45, 2.75) is 31.4 Å². The van der Waals surface area contributed by atoms with Crippen molar-refractivity contribution in [2.75, 3.05) is 32.9 Å². The lowest BCUT2D eigenvalue weighted by molar-refractivity contribution is -0.147. The van der Waals surface area contributed by atoms with Crippen molar-refractivity contribution < 1.29 is 14.3 Å². The zero-order valence-corrected chi connectivity index (χ0v) is 10.8. The number of amides is 1. The molecule has 0 aromatic heterocycles. The molecule has 2 saturated heterocycles. The topological polar surface area (TPSA) is 59.6 Å². The largest absolute Gasteiger partial charge is 0.376 e. The first kappa shape index (κ1) is 14.7. The summed E-state index contributed by atoms with van der Waals surface area (Å²) < 4.78 is 10.5. The quantitative estimate of drug-likeness (QED) is 0.755. The molecule has 0 bridgehead atoms. The fraction of sp³-hybridized carbons (Fsp3) is 0.909. The van der Waals surface area contributed by atoms with Gasteiger partial charge in [0.2, 0.25) is 0 Å². The number of carbonyl (C=O) groups is 1. The first-order valence-electron chi connectivity index (χ1n) is 6.07. The molecule has 100 valence electrons. The van der Waals surface area contributed by atoms with E-state index in [-0.39, 0.29) is 18.3 Å². The van der Waals surface area contributed by atoms with E-state index in [0.717, 1.165) is 19.5 Å². The summed E-state index contributed by atoms with van der Waals surface area (Å²) >= 11 is 0. The summed E-state index contributed by atoms with van der Waals surface area (Å²) in [6.45, 7) is 3.32. The monoisotopic (exact) mass is 264 g/mol. The van der Waals surface area contributed by atoms with Crippen LogP contribution in [0, 0.1) is 0 Å². The van der Waals surface area contributed by atoms with Crippen molar-refractivity contribution in [2.24, 2.45) is 0 Å². The Morgan fingerprint density at radius 1 is 1.41 bits per heavy atom. The van der Waals surface area contributed by atoms with Crippen LogP contribution in [-0.2, 0) is 14.3 Å². The highest BCUT2D eigenvalue weighted by atomic mass is 35.5. The van der Waals surface area contributed by atoms with E-state index in [2.05, 4.69) is 10.6 Å². The van der Waals surface area contributed by atoms with E-state index in [1.165, 1.54) is 12.8 Å². The summed E-state index contributed by atoms with van der Waals surface area (Å²) in [6.07, 6.45) is 3.06. The van der Waals surface area contributed by atoms with Crippen LogP contribution in [0.15, 0.2) is 0 Å². The van der Waals surface area contributed by atoms with Crippen LogP contribution in [0.25, 0.3) is 0 Å². The van der Waals surface area contributed by atoms with Crippen molar-refractivity contribution in [1.29, 1.82) is 0 Å². The van der Waals surface area contributed by atoms with Gasteiger partial charge in [-0.3, -0.25) is 4.79 Å². The molecule has 2 fully saturated rings. The van der Waals surface area contributed by atoms with Crippen LogP contribution in [-0.4, -0.2) is 51.0 Å². The molecule has 1 amide bonds. The molecule has 17 heavy (non-hydrogen) atoms. The van der Waals surface area contributed by atoms with Crippen LogP contribution >= 0.6 is 12.4 Å². The second kappa shape index (κ2) is 7.87. The third-order valence-corrected chi connectivity index (χ3v) is 3.06. The highest BCUT2D eigenvalue weighted by molar-refractivity contribution is 5.85. The van der Waals surface area contributed by atoms with Gasteiger partial charge in [-0.1, -0.05) is 0 Å². The minimum absolute atomic E-state index is 0. The molecule has 0 saturated carbocycles. The van der Waals surface area contributed by atoms with E-state index in [0.29, 0.717) is 25.9 Å².